The zero-order chi connectivity index (χ0) is 6.57. The van der Waals surface area contributed by atoms with E-state index in [0.29, 0.717) is 12.6 Å². The summed E-state index contributed by atoms with van der Waals surface area (Å²) in [5.74, 6) is 0. The van der Waals surface area contributed by atoms with Crippen molar-refractivity contribution in [2.24, 2.45) is 0 Å². The maximum atomic E-state index is 8.74. The molecule has 0 aromatic rings. The van der Waals surface area contributed by atoms with Gasteiger partial charge >= 0.3 is 0 Å². The van der Waals surface area contributed by atoms with E-state index in [0.717, 1.165) is 0 Å². The summed E-state index contributed by atoms with van der Waals surface area (Å²) in [7, 11) is 0. The van der Waals surface area contributed by atoms with Crippen LogP contribution in [0.5, 0.6) is 0 Å². The van der Waals surface area contributed by atoms with E-state index in [4.69, 9.17) is 5.11 Å². The summed E-state index contributed by atoms with van der Waals surface area (Å²) in [6.07, 6.45) is -0.225. The first kappa shape index (κ1) is 11.9. The second-order valence-corrected chi connectivity index (χ2v) is 2.41. The van der Waals surface area contributed by atoms with Crippen molar-refractivity contribution in [2.45, 2.75) is 32.9 Å². The van der Waals surface area contributed by atoms with Gasteiger partial charge in [-0.2, -0.15) is 0 Å². The summed E-state index contributed by atoms with van der Waals surface area (Å²) in [6.45, 7) is 6.58. The number of halogens is 1. The highest BCUT2D eigenvalue weighted by Crippen LogP contribution is 1.78. The predicted octanol–water partition coefficient (Wildman–Crippen LogP) is 0.787. The molecule has 2 N–H and O–H groups in total. The van der Waals surface area contributed by atoms with E-state index in [-0.39, 0.29) is 18.5 Å². The highest BCUT2D eigenvalue weighted by atomic mass is 35.5. The lowest BCUT2D eigenvalue weighted by Gasteiger charge is -2.08. The standard InChI is InChI=1S/C6H15NO.ClH/c1-5(2)7-4-6(3)8;/h5-8H,4H2,1-3H3;1H. The first-order valence-electron chi connectivity index (χ1n) is 3.04. The van der Waals surface area contributed by atoms with Crippen LogP contribution in [0.4, 0.5) is 0 Å². The van der Waals surface area contributed by atoms with Crippen molar-refractivity contribution in [1.29, 1.82) is 0 Å². The zero-order valence-electron chi connectivity index (χ0n) is 6.22. The lowest BCUT2D eigenvalue weighted by molar-refractivity contribution is 0.188. The van der Waals surface area contributed by atoms with Crippen LogP contribution in [-0.2, 0) is 0 Å². The van der Waals surface area contributed by atoms with Crippen LogP contribution in [0.15, 0.2) is 0 Å². The van der Waals surface area contributed by atoms with Crippen LogP contribution >= 0.6 is 12.4 Å². The smallest absolute Gasteiger partial charge is 0.0636 e. The maximum absolute atomic E-state index is 8.74. The average molecular weight is 154 g/mol. The van der Waals surface area contributed by atoms with Crippen molar-refractivity contribution in [3.8, 4) is 0 Å². The molecule has 0 saturated carbocycles. The fourth-order valence-electron chi connectivity index (χ4n) is 0.406. The molecule has 0 amide bonds. The lowest BCUT2D eigenvalue weighted by atomic mass is 10.3. The molecule has 0 aromatic carbocycles. The largest absolute Gasteiger partial charge is 0.392 e. The minimum absolute atomic E-state index is 0. The number of hydrogen-bond acceptors (Lipinski definition) is 2. The molecule has 0 rings (SSSR count). The van der Waals surface area contributed by atoms with E-state index in [2.05, 4.69) is 19.2 Å². The van der Waals surface area contributed by atoms with E-state index in [9.17, 15) is 0 Å². The number of aliphatic hydroxyl groups excluding tert-OH is 1. The minimum Gasteiger partial charge on any atom is -0.392 e. The summed E-state index contributed by atoms with van der Waals surface area (Å²) >= 11 is 0. The molecule has 58 valence electrons. The zero-order valence-corrected chi connectivity index (χ0v) is 7.03. The molecule has 0 spiro atoms. The fraction of sp³-hybridized carbons (Fsp3) is 1.00. The molecular formula is C6H16ClNO. The Morgan fingerprint density at radius 3 is 1.89 bits per heavy atom. The van der Waals surface area contributed by atoms with Gasteiger partial charge in [0.2, 0.25) is 0 Å². The number of nitrogens with one attached hydrogen (secondary N) is 1. The third-order valence-corrected chi connectivity index (χ3v) is 0.822. The van der Waals surface area contributed by atoms with Gasteiger partial charge in [-0.3, -0.25) is 0 Å². The van der Waals surface area contributed by atoms with Crippen molar-refractivity contribution < 1.29 is 5.11 Å². The van der Waals surface area contributed by atoms with Crippen molar-refractivity contribution in [2.75, 3.05) is 6.54 Å². The van der Waals surface area contributed by atoms with Crippen LogP contribution in [0.2, 0.25) is 0 Å². The van der Waals surface area contributed by atoms with E-state index >= 15 is 0 Å². The summed E-state index contributed by atoms with van der Waals surface area (Å²) in [4.78, 5) is 0. The molecule has 0 aromatic heterocycles. The number of hydrogen-bond donors (Lipinski definition) is 2. The summed E-state index contributed by atoms with van der Waals surface area (Å²) < 4.78 is 0. The first-order valence-corrected chi connectivity index (χ1v) is 3.04. The molecule has 1 unspecified atom stereocenters. The highest BCUT2D eigenvalue weighted by molar-refractivity contribution is 5.85. The molecule has 0 radical (unpaired) electrons. The average Bonchev–Trinajstić information content (AvgIpc) is 1.61. The SMILES string of the molecule is CC(O)CNC(C)C.Cl. The minimum atomic E-state index is -0.225. The molecule has 0 aliphatic heterocycles. The van der Waals surface area contributed by atoms with Gasteiger partial charge < -0.3 is 10.4 Å². The highest BCUT2D eigenvalue weighted by Gasteiger charge is 1.94. The van der Waals surface area contributed by atoms with Gasteiger partial charge in [-0.05, 0) is 6.92 Å². The van der Waals surface area contributed by atoms with Crippen LogP contribution in [0, 0.1) is 0 Å². The molecule has 2 nitrogen and oxygen atoms in total. The predicted molar refractivity (Wildman–Crippen MR) is 42.1 cm³/mol. The molecular weight excluding hydrogens is 138 g/mol. The topological polar surface area (TPSA) is 32.3 Å². The van der Waals surface area contributed by atoms with E-state index in [1.165, 1.54) is 0 Å². The Bertz CT molecular complexity index is 49.0. The Balaban J connectivity index is 0. The van der Waals surface area contributed by atoms with Gasteiger partial charge in [-0.15, -0.1) is 12.4 Å². The first-order chi connectivity index (χ1) is 3.63. The lowest BCUT2D eigenvalue weighted by Crippen LogP contribution is -2.30. The van der Waals surface area contributed by atoms with Gasteiger partial charge in [-0.25, -0.2) is 0 Å². The van der Waals surface area contributed by atoms with Crippen LogP contribution in [0.3, 0.4) is 0 Å². The van der Waals surface area contributed by atoms with E-state index < -0.39 is 0 Å². The van der Waals surface area contributed by atoms with Crippen molar-refractivity contribution in [3.05, 3.63) is 0 Å². The maximum Gasteiger partial charge on any atom is 0.0636 e. The van der Waals surface area contributed by atoms with Crippen LogP contribution in [-0.4, -0.2) is 23.8 Å². The quantitative estimate of drug-likeness (QED) is 0.629. The molecule has 0 bridgehead atoms. The second-order valence-electron chi connectivity index (χ2n) is 2.41. The summed E-state index contributed by atoms with van der Waals surface area (Å²) in [6, 6.07) is 0.476. The third-order valence-electron chi connectivity index (χ3n) is 0.822. The van der Waals surface area contributed by atoms with Crippen molar-refractivity contribution >= 4 is 12.4 Å². The molecule has 0 fully saturated rings. The summed E-state index contributed by atoms with van der Waals surface area (Å²) in [5, 5.41) is 11.8. The van der Waals surface area contributed by atoms with Gasteiger partial charge in [0.25, 0.3) is 0 Å². The van der Waals surface area contributed by atoms with Crippen LogP contribution in [0.25, 0.3) is 0 Å². The Morgan fingerprint density at radius 1 is 1.33 bits per heavy atom. The molecule has 0 aliphatic rings. The normalized spacial score (nSPS) is 13.0. The molecule has 0 aliphatic carbocycles. The molecule has 3 heteroatoms. The van der Waals surface area contributed by atoms with E-state index in [1.807, 2.05) is 0 Å². The van der Waals surface area contributed by atoms with E-state index in [1.54, 1.807) is 6.92 Å². The fourth-order valence-corrected chi connectivity index (χ4v) is 0.406. The number of aliphatic hydroxyl groups is 1. The molecule has 0 saturated heterocycles. The van der Waals surface area contributed by atoms with Crippen LogP contribution < -0.4 is 5.32 Å². The Labute approximate surface area is 63.1 Å². The van der Waals surface area contributed by atoms with Gasteiger partial charge in [0, 0.05) is 12.6 Å². The van der Waals surface area contributed by atoms with Crippen molar-refractivity contribution in [3.63, 3.8) is 0 Å². The van der Waals surface area contributed by atoms with Gasteiger partial charge in [0.05, 0.1) is 6.10 Å². The summed E-state index contributed by atoms with van der Waals surface area (Å²) in [5.41, 5.74) is 0. The Morgan fingerprint density at radius 2 is 1.78 bits per heavy atom. The Kier molecular flexibility index (Phi) is 8.40. The van der Waals surface area contributed by atoms with Gasteiger partial charge in [0.15, 0.2) is 0 Å². The molecule has 0 heterocycles. The molecule has 1 atom stereocenters. The van der Waals surface area contributed by atoms with Gasteiger partial charge in [0.1, 0.15) is 0 Å². The Hall–Kier alpha value is 0.210. The van der Waals surface area contributed by atoms with Gasteiger partial charge in [-0.1, -0.05) is 13.8 Å². The second kappa shape index (κ2) is 6.33. The van der Waals surface area contributed by atoms with Crippen LogP contribution in [0.1, 0.15) is 20.8 Å². The van der Waals surface area contributed by atoms with Crippen molar-refractivity contribution in [1.82, 2.24) is 5.32 Å². The molecule has 9 heavy (non-hydrogen) atoms. The number of rotatable bonds is 3. The monoisotopic (exact) mass is 153 g/mol. The third kappa shape index (κ3) is 11.7.